The molecule has 4 nitrogen and oxygen atoms in total. The Morgan fingerprint density at radius 3 is 2.61 bits per heavy atom. The average molecular weight is 381 g/mol. The minimum absolute atomic E-state index is 0.400. The van der Waals surface area contributed by atoms with Crippen molar-refractivity contribution in [2.45, 2.75) is 19.8 Å². The van der Waals surface area contributed by atoms with Gasteiger partial charge in [0.15, 0.2) is 11.6 Å². The Bertz CT molecular complexity index is 1000. The number of nitrogens with zero attached hydrogens (tertiary/aromatic N) is 1. The molecule has 0 fully saturated rings. The van der Waals surface area contributed by atoms with Crippen molar-refractivity contribution in [3.8, 4) is 16.9 Å². The summed E-state index contributed by atoms with van der Waals surface area (Å²) in [6.07, 6.45) is 4.60. The van der Waals surface area contributed by atoms with Gasteiger partial charge in [-0.05, 0) is 61.2 Å². The summed E-state index contributed by atoms with van der Waals surface area (Å²) in [7, 11) is 0. The van der Waals surface area contributed by atoms with Gasteiger partial charge in [-0.1, -0.05) is 12.1 Å². The Hall–Kier alpha value is -3.28. The van der Waals surface area contributed by atoms with Crippen molar-refractivity contribution in [2.75, 3.05) is 12.3 Å². The molecule has 0 atom stereocenters. The van der Waals surface area contributed by atoms with E-state index in [0.29, 0.717) is 42.2 Å². The number of nitrogen functional groups attached to an aromatic ring is 1. The number of aryl methyl sites for hydroxylation is 1. The van der Waals surface area contributed by atoms with E-state index in [0.717, 1.165) is 22.8 Å². The zero-order valence-electron chi connectivity index (χ0n) is 15.5. The first kappa shape index (κ1) is 19.5. The second kappa shape index (κ2) is 8.61. The molecule has 3 N–H and O–H groups in total. The van der Waals surface area contributed by atoms with Crippen LogP contribution in [-0.2, 0) is 6.42 Å². The van der Waals surface area contributed by atoms with Gasteiger partial charge in [-0.25, -0.2) is 8.78 Å². The van der Waals surface area contributed by atoms with E-state index in [1.165, 1.54) is 6.07 Å². The van der Waals surface area contributed by atoms with Crippen LogP contribution in [0.15, 0.2) is 54.9 Å². The third-order valence-corrected chi connectivity index (χ3v) is 4.37. The quantitative estimate of drug-likeness (QED) is 0.343. The summed E-state index contributed by atoms with van der Waals surface area (Å²) >= 11 is 0. The summed E-state index contributed by atoms with van der Waals surface area (Å²) in [6.45, 7) is 2.12. The zero-order chi connectivity index (χ0) is 20.1. The van der Waals surface area contributed by atoms with E-state index in [1.807, 2.05) is 18.2 Å². The topological polar surface area (TPSA) is 72.0 Å². The lowest BCUT2D eigenvalue weighted by molar-refractivity contribution is 0.310. The van der Waals surface area contributed by atoms with Crippen molar-refractivity contribution in [1.29, 1.82) is 5.41 Å². The fourth-order valence-corrected chi connectivity index (χ4v) is 2.88. The van der Waals surface area contributed by atoms with Gasteiger partial charge < -0.3 is 15.9 Å². The number of hydrogen-bond donors (Lipinski definition) is 2. The summed E-state index contributed by atoms with van der Waals surface area (Å²) in [5.41, 5.74) is 10.1. The molecular formula is C22H21F2N3O. The normalized spacial score (nSPS) is 10.7. The Kier molecular flexibility index (Phi) is 5.99. The summed E-state index contributed by atoms with van der Waals surface area (Å²) in [6, 6.07) is 11.3. The third kappa shape index (κ3) is 4.71. The van der Waals surface area contributed by atoms with Crippen LogP contribution in [0.25, 0.3) is 11.1 Å². The number of anilines is 1. The number of halogens is 2. The van der Waals surface area contributed by atoms with Gasteiger partial charge in [0.1, 0.15) is 5.75 Å². The summed E-state index contributed by atoms with van der Waals surface area (Å²) < 4.78 is 31.9. The number of ether oxygens (including phenoxy) is 1. The van der Waals surface area contributed by atoms with Crippen molar-refractivity contribution in [2.24, 2.45) is 0 Å². The maximum Gasteiger partial charge on any atom is 0.159 e. The van der Waals surface area contributed by atoms with Crippen molar-refractivity contribution < 1.29 is 13.5 Å². The second-order valence-electron chi connectivity index (χ2n) is 6.54. The molecule has 3 aromatic rings. The van der Waals surface area contributed by atoms with Crippen molar-refractivity contribution >= 4 is 11.4 Å². The summed E-state index contributed by atoms with van der Waals surface area (Å²) in [5, 5.41) is 7.82. The Balaban J connectivity index is 1.63. The number of hydrogen-bond acceptors (Lipinski definition) is 4. The predicted molar refractivity (Wildman–Crippen MR) is 107 cm³/mol. The first-order chi connectivity index (χ1) is 13.4. The molecule has 0 amide bonds. The van der Waals surface area contributed by atoms with Crippen molar-refractivity contribution in [3.05, 3.63) is 77.6 Å². The highest BCUT2D eigenvalue weighted by molar-refractivity contribution is 6.02. The standard InChI is InChI=1S/C22H21F2N3O/c1-14(25)19-11-16(5-7-22(19)26)17-10-18(13-27-12-17)28-8-2-3-15-4-6-20(23)21(24)9-15/h4-7,9-13,25H,2-3,8,26H2,1H3. The Labute approximate surface area is 162 Å². The minimum atomic E-state index is -0.841. The molecule has 0 aliphatic heterocycles. The molecular weight excluding hydrogens is 360 g/mol. The highest BCUT2D eigenvalue weighted by Gasteiger charge is 2.07. The van der Waals surface area contributed by atoms with Crippen LogP contribution >= 0.6 is 0 Å². The van der Waals surface area contributed by atoms with E-state index in [-0.39, 0.29) is 0 Å². The predicted octanol–water partition coefficient (Wildman–Crippen LogP) is 5.01. The average Bonchev–Trinajstić information content (AvgIpc) is 2.68. The molecule has 0 unspecified atom stereocenters. The van der Waals surface area contributed by atoms with Crippen LogP contribution < -0.4 is 10.5 Å². The third-order valence-electron chi connectivity index (χ3n) is 4.37. The Morgan fingerprint density at radius 1 is 1.04 bits per heavy atom. The first-order valence-electron chi connectivity index (χ1n) is 8.91. The maximum absolute atomic E-state index is 13.2. The summed E-state index contributed by atoms with van der Waals surface area (Å²) in [5.74, 6) is -1.06. The van der Waals surface area contributed by atoms with Gasteiger partial charge in [0.25, 0.3) is 0 Å². The van der Waals surface area contributed by atoms with E-state index in [9.17, 15) is 8.78 Å². The molecule has 0 bridgehead atoms. The second-order valence-corrected chi connectivity index (χ2v) is 6.54. The SMILES string of the molecule is CC(=N)c1cc(-c2cncc(OCCCc3ccc(F)c(F)c3)c2)ccc1N. The molecule has 0 radical (unpaired) electrons. The highest BCUT2D eigenvalue weighted by Crippen LogP contribution is 2.26. The fraction of sp³-hybridized carbons (Fsp3) is 0.182. The molecule has 1 heterocycles. The number of rotatable bonds is 7. The molecule has 0 saturated heterocycles. The molecule has 2 aromatic carbocycles. The number of benzene rings is 2. The molecule has 28 heavy (non-hydrogen) atoms. The minimum Gasteiger partial charge on any atom is -0.492 e. The molecule has 3 rings (SSSR count). The number of aromatic nitrogens is 1. The van der Waals surface area contributed by atoms with Gasteiger partial charge in [0.05, 0.1) is 12.8 Å². The van der Waals surface area contributed by atoms with E-state index in [2.05, 4.69) is 4.98 Å². The van der Waals surface area contributed by atoms with Crippen LogP contribution in [0.3, 0.4) is 0 Å². The smallest absolute Gasteiger partial charge is 0.159 e. The maximum atomic E-state index is 13.2. The van der Waals surface area contributed by atoms with Crippen LogP contribution in [-0.4, -0.2) is 17.3 Å². The molecule has 6 heteroatoms. The highest BCUT2D eigenvalue weighted by atomic mass is 19.2. The lowest BCUT2D eigenvalue weighted by Crippen LogP contribution is -2.01. The number of nitrogens with two attached hydrogens (primary N) is 1. The van der Waals surface area contributed by atoms with Crippen LogP contribution in [0, 0.1) is 17.0 Å². The molecule has 0 aliphatic carbocycles. The van der Waals surface area contributed by atoms with Gasteiger partial charge in [0, 0.05) is 28.7 Å². The molecule has 0 aliphatic rings. The number of nitrogens with one attached hydrogen (secondary N) is 1. The van der Waals surface area contributed by atoms with Crippen molar-refractivity contribution in [1.82, 2.24) is 4.98 Å². The molecule has 144 valence electrons. The van der Waals surface area contributed by atoms with Gasteiger partial charge in [0.2, 0.25) is 0 Å². The fourth-order valence-electron chi connectivity index (χ4n) is 2.88. The molecule has 0 spiro atoms. The largest absolute Gasteiger partial charge is 0.492 e. The van der Waals surface area contributed by atoms with Gasteiger partial charge in [-0.15, -0.1) is 0 Å². The van der Waals surface area contributed by atoms with E-state index in [4.69, 9.17) is 15.9 Å². The van der Waals surface area contributed by atoms with Crippen molar-refractivity contribution in [3.63, 3.8) is 0 Å². The lowest BCUT2D eigenvalue weighted by Gasteiger charge is -2.10. The van der Waals surface area contributed by atoms with E-state index in [1.54, 1.807) is 31.5 Å². The Morgan fingerprint density at radius 2 is 1.86 bits per heavy atom. The van der Waals surface area contributed by atoms with Crippen LogP contribution in [0.2, 0.25) is 0 Å². The monoisotopic (exact) mass is 381 g/mol. The summed E-state index contributed by atoms with van der Waals surface area (Å²) in [4.78, 5) is 4.21. The van der Waals surface area contributed by atoms with Gasteiger partial charge >= 0.3 is 0 Å². The number of pyridine rings is 1. The van der Waals surface area contributed by atoms with E-state index >= 15 is 0 Å². The molecule has 0 saturated carbocycles. The molecule has 1 aromatic heterocycles. The van der Waals surface area contributed by atoms with Gasteiger partial charge in [-0.3, -0.25) is 4.98 Å². The van der Waals surface area contributed by atoms with Crippen LogP contribution in [0.1, 0.15) is 24.5 Å². The first-order valence-corrected chi connectivity index (χ1v) is 8.91. The van der Waals surface area contributed by atoms with Crippen LogP contribution in [0.4, 0.5) is 14.5 Å². The lowest BCUT2D eigenvalue weighted by atomic mass is 10.0. The van der Waals surface area contributed by atoms with Crippen LogP contribution in [0.5, 0.6) is 5.75 Å². The zero-order valence-corrected chi connectivity index (χ0v) is 15.5. The van der Waals surface area contributed by atoms with Gasteiger partial charge in [-0.2, -0.15) is 0 Å². The van der Waals surface area contributed by atoms with E-state index < -0.39 is 11.6 Å².